The van der Waals surface area contributed by atoms with Crippen molar-refractivity contribution in [1.82, 2.24) is 4.90 Å². The second-order valence-corrected chi connectivity index (χ2v) is 6.03. The number of amides is 1. The molecule has 0 aromatic heterocycles. The van der Waals surface area contributed by atoms with Crippen molar-refractivity contribution in [3.63, 3.8) is 0 Å². The van der Waals surface area contributed by atoms with Gasteiger partial charge >= 0.3 is 12.1 Å². The topological polar surface area (TPSA) is 78.9 Å². The number of carbonyl (C=O) groups is 2. The summed E-state index contributed by atoms with van der Waals surface area (Å²) in [7, 11) is 1.08. The maximum Gasteiger partial charge on any atom is 0.416 e. The molecule has 1 amide bonds. The lowest BCUT2D eigenvalue weighted by Crippen LogP contribution is -2.31. The van der Waals surface area contributed by atoms with Gasteiger partial charge in [-0.05, 0) is 28.1 Å². The minimum Gasteiger partial charge on any atom is -0.466 e. The highest BCUT2D eigenvalue weighted by Crippen LogP contribution is 2.37. The molecule has 0 bridgehead atoms. The number of aliphatic hydroxyl groups is 1. The van der Waals surface area contributed by atoms with E-state index in [1.54, 1.807) is 0 Å². The first-order valence-electron chi connectivity index (χ1n) is 7.15. The molecule has 1 heterocycles. The zero-order chi connectivity index (χ0) is 19.6. The minimum absolute atomic E-state index is 0.0946. The van der Waals surface area contributed by atoms with E-state index in [1.165, 1.54) is 0 Å². The number of nitrogens with one attached hydrogen (secondary N) is 1. The summed E-state index contributed by atoms with van der Waals surface area (Å²) in [5.74, 6) is -2.80. The van der Waals surface area contributed by atoms with Crippen LogP contribution in [0.4, 0.5) is 23.2 Å². The van der Waals surface area contributed by atoms with Crippen LogP contribution in [0.2, 0.25) is 0 Å². The Morgan fingerprint density at radius 2 is 2.08 bits per heavy atom. The van der Waals surface area contributed by atoms with Gasteiger partial charge in [0.2, 0.25) is 0 Å². The molecular formula is C15H13BrF4N2O4. The van der Waals surface area contributed by atoms with Crippen molar-refractivity contribution in [3.05, 3.63) is 39.3 Å². The van der Waals surface area contributed by atoms with Gasteiger partial charge < -0.3 is 20.1 Å². The molecule has 142 valence electrons. The van der Waals surface area contributed by atoms with E-state index in [-0.39, 0.29) is 41.1 Å². The Kier molecular flexibility index (Phi) is 5.91. The van der Waals surface area contributed by atoms with Gasteiger partial charge in [0.05, 0.1) is 41.6 Å². The Balaban J connectivity index is 2.48. The van der Waals surface area contributed by atoms with Crippen molar-refractivity contribution in [1.29, 1.82) is 0 Å². The number of carbonyl (C=O) groups excluding carboxylic acids is 2. The smallest absolute Gasteiger partial charge is 0.416 e. The van der Waals surface area contributed by atoms with Gasteiger partial charge in [-0.15, -0.1) is 0 Å². The van der Waals surface area contributed by atoms with Crippen molar-refractivity contribution >= 4 is 33.5 Å². The van der Waals surface area contributed by atoms with Crippen molar-refractivity contribution in [2.45, 2.75) is 6.18 Å². The van der Waals surface area contributed by atoms with E-state index in [1.807, 2.05) is 0 Å². The fourth-order valence-corrected chi connectivity index (χ4v) is 2.66. The number of alkyl halides is 3. The number of rotatable bonds is 5. The number of β-amino-alcohol motifs (C(OH)–C–C–N with tert-alkyl or cyclic N) is 1. The molecule has 0 saturated carbocycles. The SMILES string of the molecule is COC(=O)C1=C(Nc2cc(C(F)(F)F)cc(F)c2Br)C(=O)N(CCO)C1. The molecule has 2 rings (SSSR count). The Bertz CT molecular complexity index is 780. The average Bonchev–Trinajstić information content (AvgIpc) is 2.87. The largest absolute Gasteiger partial charge is 0.466 e. The number of hydrogen-bond donors (Lipinski definition) is 2. The molecular weight excluding hydrogens is 428 g/mol. The molecule has 0 atom stereocenters. The number of aliphatic hydroxyl groups excluding tert-OH is 1. The van der Waals surface area contributed by atoms with E-state index in [2.05, 4.69) is 26.0 Å². The molecule has 11 heteroatoms. The standard InChI is InChI=1S/C15H13BrF4N2O4/c1-26-14(25)8-6-22(2-3-23)13(24)12(8)21-10-5-7(15(18,19)20)4-9(17)11(10)16/h4-5,21,23H,2-3,6H2,1H3. The Labute approximate surface area is 153 Å². The van der Waals surface area contributed by atoms with Gasteiger partial charge in [-0.3, -0.25) is 4.79 Å². The fraction of sp³-hybridized carbons (Fsp3) is 0.333. The normalized spacial score (nSPS) is 14.9. The molecule has 0 unspecified atom stereocenters. The van der Waals surface area contributed by atoms with Crippen LogP contribution in [-0.4, -0.2) is 48.7 Å². The third-order valence-corrected chi connectivity index (χ3v) is 4.37. The molecule has 2 N–H and O–H groups in total. The lowest BCUT2D eigenvalue weighted by Gasteiger charge is -2.16. The highest BCUT2D eigenvalue weighted by atomic mass is 79.9. The van der Waals surface area contributed by atoms with Gasteiger partial charge in [0, 0.05) is 6.54 Å². The van der Waals surface area contributed by atoms with Crippen LogP contribution in [0.1, 0.15) is 5.56 Å². The van der Waals surface area contributed by atoms with Gasteiger partial charge in [0.25, 0.3) is 5.91 Å². The highest BCUT2D eigenvalue weighted by Gasteiger charge is 2.36. The molecule has 0 radical (unpaired) electrons. The molecule has 1 aliphatic rings. The predicted octanol–water partition coefficient (Wildman–Crippen LogP) is 2.28. The molecule has 6 nitrogen and oxygen atoms in total. The van der Waals surface area contributed by atoms with Crippen molar-refractivity contribution in [2.75, 3.05) is 32.1 Å². The van der Waals surface area contributed by atoms with Crippen LogP contribution in [0, 0.1) is 5.82 Å². The van der Waals surface area contributed by atoms with E-state index < -0.39 is 29.4 Å². The zero-order valence-electron chi connectivity index (χ0n) is 13.3. The third kappa shape index (κ3) is 3.98. The van der Waals surface area contributed by atoms with Gasteiger partial charge in [0.1, 0.15) is 11.5 Å². The second-order valence-electron chi connectivity index (χ2n) is 5.24. The summed E-state index contributed by atoms with van der Waals surface area (Å²) in [4.78, 5) is 25.3. The minimum atomic E-state index is -4.81. The van der Waals surface area contributed by atoms with E-state index in [0.717, 1.165) is 12.0 Å². The van der Waals surface area contributed by atoms with Crippen molar-refractivity contribution < 1.29 is 37.0 Å². The van der Waals surface area contributed by atoms with Crippen molar-refractivity contribution in [3.8, 4) is 0 Å². The molecule has 0 aliphatic carbocycles. The fourth-order valence-electron chi connectivity index (χ4n) is 2.33. The molecule has 26 heavy (non-hydrogen) atoms. The lowest BCUT2D eigenvalue weighted by atomic mass is 10.1. The lowest BCUT2D eigenvalue weighted by molar-refractivity contribution is -0.138. The number of hydrogen-bond acceptors (Lipinski definition) is 5. The third-order valence-electron chi connectivity index (χ3n) is 3.57. The van der Waals surface area contributed by atoms with Gasteiger partial charge in [-0.25, -0.2) is 9.18 Å². The number of esters is 1. The van der Waals surface area contributed by atoms with E-state index >= 15 is 0 Å². The molecule has 0 saturated heterocycles. The maximum atomic E-state index is 13.8. The quantitative estimate of drug-likeness (QED) is 0.542. The van der Waals surface area contributed by atoms with Crippen LogP contribution in [0.15, 0.2) is 27.9 Å². The Hall–Kier alpha value is -2.14. The Morgan fingerprint density at radius 3 is 2.62 bits per heavy atom. The number of anilines is 1. The summed E-state index contributed by atoms with van der Waals surface area (Å²) in [5, 5.41) is 11.4. The second kappa shape index (κ2) is 7.62. The van der Waals surface area contributed by atoms with Gasteiger partial charge in [-0.2, -0.15) is 13.2 Å². The van der Waals surface area contributed by atoms with Crippen LogP contribution in [0.3, 0.4) is 0 Å². The van der Waals surface area contributed by atoms with E-state index in [0.29, 0.717) is 12.1 Å². The van der Waals surface area contributed by atoms with Gasteiger partial charge in [0.15, 0.2) is 0 Å². The van der Waals surface area contributed by atoms with Crippen LogP contribution >= 0.6 is 15.9 Å². The first-order chi connectivity index (χ1) is 12.1. The molecule has 1 aromatic rings. The molecule has 1 aliphatic heterocycles. The van der Waals surface area contributed by atoms with Crippen LogP contribution < -0.4 is 5.32 Å². The summed E-state index contributed by atoms with van der Waals surface area (Å²) < 4.78 is 56.7. The van der Waals surface area contributed by atoms with Crippen LogP contribution in [0.25, 0.3) is 0 Å². The first-order valence-corrected chi connectivity index (χ1v) is 7.94. The summed E-state index contributed by atoms with van der Waals surface area (Å²) in [6.45, 7) is -0.675. The number of methoxy groups -OCH3 is 1. The monoisotopic (exact) mass is 440 g/mol. The number of benzene rings is 1. The number of halogens is 5. The summed E-state index contributed by atoms with van der Waals surface area (Å²) in [5.41, 5.74) is -2.13. The molecule has 1 aromatic carbocycles. The van der Waals surface area contributed by atoms with Crippen molar-refractivity contribution in [2.24, 2.45) is 0 Å². The van der Waals surface area contributed by atoms with E-state index in [9.17, 15) is 27.2 Å². The zero-order valence-corrected chi connectivity index (χ0v) is 14.9. The van der Waals surface area contributed by atoms with E-state index in [4.69, 9.17) is 5.11 Å². The predicted molar refractivity (Wildman–Crippen MR) is 85.4 cm³/mol. The summed E-state index contributed by atoms with van der Waals surface area (Å²) >= 11 is 2.82. The molecule has 0 fully saturated rings. The van der Waals surface area contributed by atoms with Crippen LogP contribution in [-0.2, 0) is 20.5 Å². The Morgan fingerprint density at radius 1 is 1.42 bits per heavy atom. The summed E-state index contributed by atoms with van der Waals surface area (Å²) in [6, 6.07) is 0.913. The average molecular weight is 441 g/mol. The van der Waals surface area contributed by atoms with Crippen LogP contribution in [0.5, 0.6) is 0 Å². The van der Waals surface area contributed by atoms with Gasteiger partial charge in [-0.1, -0.05) is 0 Å². The number of ether oxygens (including phenoxy) is 1. The molecule has 0 spiro atoms. The maximum absolute atomic E-state index is 13.8. The highest BCUT2D eigenvalue weighted by molar-refractivity contribution is 9.10. The first kappa shape index (κ1) is 20.2. The summed E-state index contributed by atoms with van der Waals surface area (Å²) in [6.07, 6.45) is -4.81. The number of nitrogens with zero attached hydrogens (tertiary/aromatic N) is 1.